The molecule has 0 aliphatic heterocycles. The van der Waals surface area contributed by atoms with Gasteiger partial charge in [0, 0.05) is 24.6 Å². The van der Waals surface area contributed by atoms with E-state index in [1.54, 1.807) is 6.92 Å². The lowest BCUT2D eigenvalue weighted by atomic mass is 10.2. The first kappa shape index (κ1) is 17.6. The van der Waals surface area contributed by atoms with Crippen molar-refractivity contribution in [2.24, 2.45) is 0 Å². The van der Waals surface area contributed by atoms with Gasteiger partial charge in [0.25, 0.3) is 5.69 Å². The predicted molar refractivity (Wildman–Crippen MR) is 73.6 cm³/mol. The van der Waals surface area contributed by atoms with Gasteiger partial charge in [0.15, 0.2) is 5.78 Å². The maximum absolute atomic E-state index is 11.8. The van der Waals surface area contributed by atoms with Gasteiger partial charge in [-0.3, -0.25) is 14.9 Å². The third kappa shape index (κ3) is 6.33. The number of allylic oxidation sites excluding steroid dienone is 2. The lowest BCUT2D eigenvalue weighted by Crippen LogP contribution is -2.07. The number of aryl methyl sites for hydroxylation is 1. The molecule has 0 aliphatic rings. The molecule has 0 saturated heterocycles. The SMILES string of the molecule is Cc1cc(NCCCC(=O)/C=C/C(F)(F)F)ncc1[N+](=O)[O-]. The monoisotopic (exact) mass is 317 g/mol. The number of aromatic nitrogens is 1. The summed E-state index contributed by atoms with van der Waals surface area (Å²) < 4.78 is 35.5. The fourth-order valence-corrected chi connectivity index (χ4v) is 1.59. The van der Waals surface area contributed by atoms with Crippen LogP contribution in [0.3, 0.4) is 0 Å². The van der Waals surface area contributed by atoms with Crippen LogP contribution >= 0.6 is 0 Å². The summed E-state index contributed by atoms with van der Waals surface area (Å²) in [5.41, 5.74) is 0.338. The van der Waals surface area contributed by atoms with Crippen molar-refractivity contribution in [2.75, 3.05) is 11.9 Å². The van der Waals surface area contributed by atoms with E-state index in [0.717, 1.165) is 6.20 Å². The summed E-state index contributed by atoms with van der Waals surface area (Å²) in [6.07, 6.45) is -2.68. The second kappa shape index (κ2) is 7.53. The second-order valence-electron chi connectivity index (χ2n) is 4.48. The molecule has 1 rings (SSSR count). The zero-order valence-corrected chi connectivity index (χ0v) is 11.7. The topological polar surface area (TPSA) is 85.1 Å². The summed E-state index contributed by atoms with van der Waals surface area (Å²) in [5, 5.41) is 13.5. The molecule has 0 unspecified atom stereocenters. The molecule has 120 valence electrons. The van der Waals surface area contributed by atoms with Gasteiger partial charge in [-0.2, -0.15) is 13.2 Å². The summed E-state index contributed by atoms with van der Waals surface area (Å²) in [6, 6.07) is 1.49. The van der Waals surface area contributed by atoms with Crippen LogP contribution < -0.4 is 5.32 Å². The van der Waals surface area contributed by atoms with Gasteiger partial charge in [-0.1, -0.05) is 0 Å². The van der Waals surface area contributed by atoms with Crippen molar-refractivity contribution in [3.05, 3.63) is 40.1 Å². The lowest BCUT2D eigenvalue weighted by molar-refractivity contribution is -0.385. The minimum Gasteiger partial charge on any atom is -0.370 e. The van der Waals surface area contributed by atoms with E-state index < -0.39 is 16.9 Å². The highest BCUT2D eigenvalue weighted by atomic mass is 19.4. The maximum Gasteiger partial charge on any atom is 0.409 e. The first-order valence-corrected chi connectivity index (χ1v) is 6.33. The molecule has 0 saturated carbocycles. The number of ketones is 1. The number of nitrogens with zero attached hydrogens (tertiary/aromatic N) is 2. The van der Waals surface area contributed by atoms with Crippen LogP contribution in [0.25, 0.3) is 0 Å². The Balaban J connectivity index is 2.39. The molecule has 6 nitrogen and oxygen atoms in total. The van der Waals surface area contributed by atoms with Crippen LogP contribution in [0.1, 0.15) is 18.4 Å². The van der Waals surface area contributed by atoms with Gasteiger partial charge in [0.05, 0.1) is 4.92 Å². The number of alkyl halides is 3. The van der Waals surface area contributed by atoms with Crippen molar-refractivity contribution in [2.45, 2.75) is 25.9 Å². The first-order chi connectivity index (χ1) is 10.2. The normalized spacial score (nSPS) is 11.6. The van der Waals surface area contributed by atoms with Gasteiger partial charge in [-0.25, -0.2) is 4.98 Å². The lowest BCUT2D eigenvalue weighted by Gasteiger charge is -2.05. The Morgan fingerprint density at radius 2 is 2.18 bits per heavy atom. The Bertz CT molecular complexity index is 586. The molecule has 1 N–H and O–H groups in total. The molecule has 0 aromatic carbocycles. The third-order valence-electron chi connectivity index (χ3n) is 2.64. The number of carbonyl (C=O) groups is 1. The van der Waals surface area contributed by atoms with Crippen molar-refractivity contribution in [3.8, 4) is 0 Å². The summed E-state index contributed by atoms with van der Waals surface area (Å²) in [5.74, 6) is -0.214. The molecule has 22 heavy (non-hydrogen) atoms. The minimum atomic E-state index is -4.49. The first-order valence-electron chi connectivity index (χ1n) is 6.33. The molecule has 1 aromatic heterocycles. The van der Waals surface area contributed by atoms with E-state index in [1.807, 2.05) is 0 Å². The highest BCUT2D eigenvalue weighted by Crippen LogP contribution is 2.19. The number of nitrogens with one attached hydrogen (secondary N) is 1. The van der Waals surface area contributed by atoms with E-state index in [2.05, 4.69) is 10.3 Å². The van der Waals surface area contributed by atoms with Gasteiger partial charge < -0.3 is 5.32 Å². The molecule has 0 aliphatic carbocycles. The Morgan fingerprint density at radius 3 is 2.73 bits per heavy atom. The molecular formula is C13H14F3N3O3. The highest BCUT2D eigenvalue weighted by molar-refractivity contribution is 5.89. The van der Waals surface area contributed by atoms with Crippen LogP contribution in [-0.2, 0) is 4.79 Å². The number of rotatable bonds is 7. The van der Waals surface area contributed by atoms with E-state index in [0.29, 0.717) is 30.4 Å². The molecule has 0 spiro atoms. The largest absolute Gasteiger partial charge is 0.409 e. The van der Waals surface area contributed by atoms with Crippen molar-refractivity contribution in [1.29, 1.82) is 0 Å². The zero-order chi connectivity index (χ0) is 16.8. The van der Waals surface area contributed by atoms with E-state index in [-0.39, 0.29) is 18.2 Å². The zero-order valence-electron chi connectivity index (χ0n) is 11.7. The van der Waals surface area contributed by atoms with Gasteiger partial charge in [0.1, 0.15) is 12.0 Å². The predicted octanol–water partition coefficient (Wildman–Crippen LogP) is 3.18. The van der Waals surface area contributed by atoms with E-state index in [9.17, 15) is 28.1 Å². The van der Waals surface area contributed by atoms with Crippen molar-refractivity contribution < 1.29 is 22.9 Å². The number of anilines is 1. The van der Waals surface area contributed by atoms with E-state index in [1.165, 1.54) is 6.07 Å². The van der Waals surface area contributed by atoms with Crippen molar-refractivity contribution in [1.82, 2.24) is 4.98 Å². The fraction of sp³-hybridized carbons (Fsp3) is 0.385. The number of halogens is 3. The smallest absolute Gasteiger partial charge is 0.370 e. The average molecular weight is 317 g/mol. The van der Waals surface area contributed by atoms with Crippen LogP contribution in [0.5, 0.6) is 0 Å². The van der Waals surface area contributed by atoms with Crippen LogP contribution in [0.4, 0.5) is 24.7 Å². The standard InChI is InChI=1S/C13H14F3N3O3/c1-9-7-12(18-8-11(9)19(21)22)17-6-2-3-10(20)4-5-13(14,15)16/h4-5,7-8H,2-3,6H2,1H3,(H,17,18)/b5-4+. The molecular weight excluding hydrogens is 303 g/mol. The molecule has 1 heterocycles. The van der Waals surface area contributed by atoms with Gasteiger partial charge in [-0.15, -0.1) is 0 Å². The maximum atomic E-state index is 11.8. The molecule has 0 bridgehead atoms. The van der Waals surface area contributed by atoms with Crippen molar-refractivity contribution in [3.63, 3.8) is 0 Å². The highest BCUT2D eigenvalue weighted by Gasteiger charge is 2.22. The average Bonchev–Trinajstić information content (AvgIpc) is 2.40. The van der Waals surface area contributed by atoms with Crippen LogP contribution in [0.15, 0.2) is 24.4 Å². The van der Waals surface area contributed by atoms with Gasteiger partial charge in [-0.05, 0) is 25.5 Å². The fourth-order valence-electron chi connectivity index (χ4n) is 1.59. The quantitative estimate of drug-likeness (QED) is 0.361. The Hall–Kier alpha value is -2.45. The van der Waals surface area contributed by atoms with Crippen LogP contribution in [0, 0.1) is 17.0 Å². The molecule has 1 aromatic rings. The Labute approximate surface area is 124 Å². The molecule has 0 radical (unpaired) electrons. The molecule has 0 amide bonds. The minimum absolute atomic E-state index is 0.0362. The summed E-state index contributed by atoms with van der Waals surface area (Å²) >= 11 is 0. The van der Waals surface area contributed by atoms with Gasteiger partial charge >= 0.3 is 6.18 Å². The number of nitro groups is 1. The number of carbonyl (C=O) groups excluding carboxylic acids is 1. The number of hydrogen-bond donors (Lipinski definition) is 1. The van der Waals surface area contributed by atoms with Crippen LogP contribution in [0.2, 0.25) is 0 Å². The number of pyridine rings is 1. The number of hydrogen-bond acceptors (Lipinski definition) is 5. The van der Waals surface area contributed by atoms with Crippen molar-refractivity contribution >= 4 is 17.3 Å². The van der Waals surface area contributed by atoms with Crippen LogP contribution in [-0.4, -0.2) is 28.4 Å². The Kier molecular flexibility index (Phi) is 6.02. The molecule has 0 fully saturated rings. The van der Waals surface area contributed by atoms with E-state index >= 15 is 0 Å². The van der Waals surface area contributed by atoms with Gasteiger partial charge in [0.2, 0.25) is 0 Å². The Morgan fingerprint density at radius 1 is 1.50 bits per heavy atom. The van der Waals surface area contributed by atoms with E-state index in [4.69, 9.17) is 0 Å². The molecule has 9 heteroatoms. The summed E-state index contributed by atoms with van der Waals surface area (Å²) in [7, 11) is 0. The molecule has 0 atom stereocenters. The second-order valence-corrected chi connectivity index (χ2v) is 4.48. The third-order valence-corrected chi connectivity index (χ3v) is 2.64. The summed E-state index contributed by atoms with van der Waals surface area (Å²) in [4.78, 5) is 25.1. The summed E-state index contributed by atoms with van der Waals surface area (Å²) in [6.45, 7) is 1.88.